The lowest BCUT2D eigenvalue weighted by molar-refractivity contribution is 0.0694. The molecule has 0 spiro atoms. The van der Waals surface area contributed by atoms with Crippen LogP contribution in [0.2, 0.25) is 0 Å². The Hall–Kier alpha value is -1.82. The highest BCUT2D eigenvalue weighted by Gasteiger charge is 2.18. The van der Waals surface area contributed by atoms with E-state index in [4.69, 9.17) is 14.6 Å². The molecule has 1 N–H and O–H groups in total. The third kappa shape index (κ3) is 1.30. The average molecular weight is 237 g/mol. The zero-order chi connectivity index (χ0) is 11.1. The fraction of sp³-hybridized carbons (Fsp3) is 0.200. The second kappa shape index (κ2) is 3.34. The first-order valence-electron chi connectivity index (χ1n) is 4.68. The van der Waals surface area contributed by atoms with Crippen molar-refractivity contribution < 1.29 is 19.4 Å². The molecule has 1 aromatic heterocycles. The van der Waals surface area contributed by atoms with E-state index in [1.807, 2.05) is 0 Å². The van der Waals surface area contributed by atoms with E-state index in [0.717, 1.165) is 16.2 Å². The Balaban J connectivity index is 2.25. The van der Waals surface area contributed by atoms with Crippen LogP contribution >= 0.6 is 11.5 Å². The predicted molar refractivity (Wildman–Crippen MR) is 57.6 cm³/mol. The van der Waals surface area contributed by atoms with Gasteiger partial charge in [0.25, 0.3) is 0 Å². The van der Waals surface area contributed by atoms with Crippen molar-refractivity contribution in [2.24, 2.45) is 0 Å². The lowest BCUT2D eigenvalue weighted by Gasteiger charge is -2.17. The monoisotopic (exact) mass is 237 g/mol. The molecule has 5 nitrogen and oxygen atoms in total. The molecule has 1 aliphatic rings. The second-order valence-electron chi connectivity index (χ2n) is 3.33. The Kier molecular flexibility index (Phi) is 1.97. The van der Waals surface area contributed by atoms with E-state index in [-0.39, 0.29) is 5.69 Å². The molecule has 1 aliphatic heterocycles. The number of rotatable bonds is 1. The number of ether oxygens (including phenoxy) is 2. The molecule has 0 bridgehead atoms. The van der Waals surface area contributed by atoms with Crippen LogP contribution < -0.4 is 9.47 Å². The van der Waals surface area contributed by atoms with Gasteiger partial charge in [-0.3, -0.25) is 0 Å². The number of carboxylic acid groups (broad SMARTS) is 1. The van der Waals surface area contributed by atoms with Gasteiger partial charge in [0.05, 0.1) is 4.70 Å². The molecular weight excluding hydrogens is 230 g/mol. The van der Waals surface area contributed by atoms with Crippen molar-refractivity contribution in [3.63, 3.8) is 0 Å². The van der Waals surface area contributed by atoms with Gasteiger partial charge in [-0.15, -0.1) is 0 Å². The Bertz CT molecular complexity index is 577. The topological polar surface area (TPSA) is 68.7 Å². The van der Waals surface area contributed by atoms with Crippen molar-refractivity contribution in [3.8, 4) is 11.5 Å². The lowest BCUT2D eigenvalue weighted by atomic mass is 10.2. The number of hydrogen-bond acceptors (Lipinski definition) is 5. The van der Waals surface area contributed by atoms with Crippen LogP contribution in [0.15, 0.2) is 12.1 Å². The van der Waals surface area contributed by atoms with Gasteiger partial charge in [-0.2, -0.15) is 4.37 Å². The smallest absolute Gasteiger partial charge is 0.356 e. The third-order valence-electron chi connectivity index (χ3n) is 2.34. The van der Waals surface area contributed by atoms with E-state index in [1.54, 1.807) is 12.1 Å². The fourth-order valence-corrected chi connectivity index (χ4v) is 2.41. The minimum Gasteiger partial charge on any atom is -0.486 e. The molecule has 0 saturated carbocycles. The molecule has 0 aliphatic carbocycles. The first-order valence-corrected chi connectivity index (χ1v) is 5.45. The molecule has 0 amide bonds. The largest absolute Gasteiger partial charge is 0.486 e. The lowest BCUT2D eigenvalue weighted by Crippen LogP contribution is -2.15. The Morgan fingerprint density at radius 1 is 1.31 bits per heavy atom. The van der Waals surface area contributed by atoms with Gasteiger partial charge in [0, 0.05) is 11.5 Å². The van der Waals surface area contributed by atoms with Gasteiger partial charge >= 0.3 is 5.97 Å². The van der Waals surface area contributed by atoms with Crippen molar-refractivity contribution in [1.29, 1.82) is 0 Å². The van der Waals surface area contributed by atoms with Crippen molar-refractivity contribution in [2.45, 2.75) is 0 Å². The first kappa shape index (κ1) is 9.41. The summed E-state index contributed by atoms with van der Waals surface area (Å²) in [5, 5.41) is 9.55. The summed E-state index contributed by atoms with van der Waals surface area (Å²) >= 11 is 1.15. The summed E-state index contributed by atoms with van der Waals surface area (Å²) in [4.78, 5) is 10.9. The number of aromatic nitrogens is 1. The van der Waals surface area contributed by atoms with Crippen LogP contribution in [-0.4, -0.2) is 28.7 Å². The summed E-state index contributed by atoms with van der Waals surface area (Å²) in [7, 11) is 0. The van der Waals surface area contributed by atoms with Crippen LogP contribution in [0.25, 0.3) is 10.1 Å². The zero-order valence-corrected chi connectivity index (χ0v) is 8.91. The van der Waals surface area contributed by atoms with Crippen LogP contribution in [0.4, 0.5) is 0 Å². The zero-order valence-electron chi connectivity index (χ0n) is 8.10. The number of carboxylic acids is 1. The molecule has 0 radical (unpaired) electrons. The summed E-state index contributed by atoms with van der Waals surface area (Å²) in [5.74, 6) is 0.212. The molecule has 2 heterocycles. The van der Waals surface area contributed by atoms with Gasteiger partial charge in [-0.05, 0) is 17.6 Å². The van der Waals surface area contributed by atoms with Gasteiger partial charge in [-0.25, -0.2) is 4.79 Å². The molecular formula is C10H7NO4S. The molecule has 3 rings (SSSR count). The molecule has 0 fully saturated rings. The summed E-state index contributed by atoms with van der Waals surface area (Å²) in [6.45, 7) is 1.00. The van der Waals surface area contributed by atoms with E-state index in [2.05, 4.69) is 4.37 Å². The molecule has 6 heteroatoms. The van der Waals surface area contributed by atoms with Crippen LogP contribution in [0, 0.1) is 0 Å². The minimum atomic E-state index is -1.03. The maximum atomic E-state index is 10.9. The Labute approximate surface area is 94.4 Å². The molecule has 82 valence electrons. The number of benzene rings is 1. The van der Waals surface area contributed by atoms with E-state index in [0.29, 0.717) is 30.1 Å². The molecule has 1 aromatic carbocycles. The first-order chi connectivity index (χ1) is 7.75. The number of hydrogen-bond donors (Lipinski definition) is 1. The molecule has 16 heavy (non-hydrogen) atoms. The van der Waals surface area contributed by atoms with Crippen LogP contribution in [-0.2, 0) is 0 Å². The van der Waals surface area contributed by atoms with Gasteiger partial charge in [0.15, 0.2) is 17.2 Å². The third-order valence-corrected chi connectivity index (χ3v) is 3.15. The van der Waals surface area contributed by atoms with E-state index in [9.17, 15) is 4.79 Å². The standard InChI is InChI=1S/C10H7NO4S/c12-10(13)9-5-3-6-7(15-2-1-14-6)4-8(5)16-11-9/h3-4H,1-2H2,(H,12,13). The highest BCUT2D eigenvalue weighted by atomic mass is 32.1. The quantitative estimate of drug-likeness (QED) is 0.818. The van der Waals surface area contributed by atoms with Crippen molar-refractivity contribution >= 4 is 27.6 Å². The highest BCUT2D eigenvalue weighted by Crippen LogP contribution is 2.37. The van der Waals surface area contributed by atoms with Gasteiger partial charge in [0.2, 0.25) is 0 Å². The highest BCUT2D eigenvalue weighted by molar-refractivity contribution is 7.13. The molecule has 2 aromatic rings. The second-order valence-corrected chi connectivity index (χ2v) is 4.13. The fourth-order valence-electron chi connectivity index (χ4n) is 1.63. The number of aromatic carboxylic acids is 1. The van der Waals surface area contributed by atoms with Crippen LogP contribution in [0.5, 0.6) is 11.5 Å². The SMILES string of the molecule is O=C(O)c1nsc2cc3c(cc12)OCCO3. The molecule has 0 atom stereocenters. The van der Waals surface area contributed by atoms with Crippen molar-refractivity contribution in [2.75, 3.05) is 13.2 Å². The van der Waals surface area contributed by atoms with Gasteiger partial charge < -0.3 is 14.6 Å². The maximum absolute atomic E-state index is 10.9. The summed E-state index contributed by atoms with van der Waals surface area (Å²) in [6, 6.07) is 3.45. The normalized spacial score (nSPS) is 14.0. The Morgan fingerprint density at radius 3 is 2.69 bits per heavy atom. The molecule has 0 unspecified atom stereocenters. The van der Waals surface area contributed by atoms with Crippen LogP contribution in [0.1, 0.15) is 10.5 Å². The van der Waals surface area contributed by atoms with E-state index in [1.165, 1.54) is 0 Å². The predicted octanol–water partition coefficient (Wildman–Crippen LogP) is 1.77. The minimum absolute atomic E-state index is 0.0666. The molecule has 0 saturated heterocycles. The average Bonchev–Trinajstić information content (AvgIpc) is 2.68. The van der Waals surface area contributed by atoms with Crippen molar-refractivity contribution in [3.05, 3.63) is 17.8 Å². The van der Waals surface area contributed by atoms with E-state index >= 15 is 0 Å². The summed E-state index contributed by atoms with van der Waals surface area (Å²) in [6.07, 6.45) is 0. The van der Waals surface area contributed by atoms with E-state index < -0.39 is 5.97 Å². The summed E-state index contributed by atoms with van der Waals surface area (Å²) in [5.41, 5.74) is 0.0666. The van der Waals surface area contributed by atoms with Gasteiger partial charge in [-0.1, -0.05) is 0 Å². The van der Waals surface area contributed by atoms with Crippen LogP contribution in [0.3, 0.4) is 0 Å². The maximum Gasteiger partial charge on any atom is 0.356 e. The Morgan fingerprint density at radius 2 is 2.00 bits per heavy atom. The number of fused-ring (bicyclic) bond motifs is 2. The summed E-state index contributed by atoms with van der Waals surface area (Å²) < 4.78 is 15.5. The number of nitrogens with zero attached hydrogens (tertiary/aromatic N) is 1. The van der Waals surface area contributed by atoms with Crippen molar-refractivity contribution in [1.82, 2.24) is 4.37 Å². The number of carbonyl (C=O) groups is 1. The van der Waals surface area contributed by atoms with Gasteiger partial charge in [0.1, 0.15) is 13.2 Å².